The van der Waals surface area contributed by atoms with Crippen molar-refractivity contribution in [1.29, 1.82) is 0 Å². The first-order valence-electron chi connectivity index (χ1n) is 9.27. The maximum Gasteiger partial charge on any atom is 0.272 e. The largest absolute Gasteiger partial charge is 0.350 e. The van der Waals surface area contributed by atoms with Crippen LogP contribution in [0.2, 0.25) is 0 Å². The molecule has 1 aliphatic heterocycles. The molecule has 1 fully saturated rings. The molecule has 1 aliphatic rings. The lowest BCUT2D eigenvalue weighted by atomic mass is 9.97. The van der Waals surface area contributed by atoms with Crippen molar-refractivity contribution < 1.29 is 4.79 Å². The maximum absolute atomic E-state index is 12.5. The molecule has 1 amide bonds. The third-order valence-electron chi connectivity index (χ3n) is 5.09. The van der Waals surface area contributed by atoms with Crippen LogP contribution in [0.1, 0.15) is 28.9 Å². The summed E-state index contributed by atoms with van der Waals surface area (Å²) in [4.78, 5) is 15.0. The van der Waals surface area contributed by atoms with Crippen LogP contribution >= 0.6 is 0 Å². The molecule has 3 aromatic rings. The van der Waals surface area contributed by atoms with Crippen LogP contribution in [-0.2, 0) is 6.54 Å². The number of likely N-dealkylation sites (tertiary alicyclic amines) is 1. The van der Waals surface area contributed by atoms with Gasteiger partial charge in [-0.25, -0.2) is 0 Å². The number of carbonyl (C=O) groups is 1. The summed E-state index contributed by atoms with van der Waals surface area (Å²) < 4.78 is 0. The molecule has 5 nitrogen and oxygen atoms in total. The van der Waals surface area contributed by atoms with Gasteiger partial charge >= 0.3 is 0 Å². The first-order chi connectivity index (χ1) is 12.8. The SMILES string of the molecule is O=C(NCC1CCCN(Cc2ccccc2)C1)c1n[nH]c2ccccc12. The molecule has 0 bridgehead atoms. The normalized spacial score (nSPS) is 18.1. The number of aromatic amines is 1. The van der Waals surface area contributed by atoms with E-state index in [9.17, 15) is 4.79 Å². The van der Waals surface area contributed by atoms with Crippen molar-refractivity contribution in [2.75, 3.05) is 19.6 Å². The Kier molecular flexibility index (Phi) is 4.97. The Labute approximate surface area is 153 Å². The van der Waals surface area contributed by atoms with E-state index in [2.05, 4.69) is 50.7 Å². The molecule has 1 atom stereocenters. The molecule has 0 radical (unpaired) electrons. The Balaban J connectivity index is 1.33. The Morgan fingerprint density at radius 1 is 1.15 bits per heavy atom. The van der Waals surface area contributed by atoms with Gasteiger partial charge in [-0.3, -0.25) is 14.8 Å². The fraction of sp³-hybridized carbons (Fsp3) is 0.333. The predicted molar refractivity (Wildman–Crippen MR) is 103 cm³/mol. The molecule has 0 aliphatic carbocycles. The highest BCUT2D eigenvalue weighted by atomic mass is 16.1. The fourth-order valence-electron chi connectivity index (χ4n) is 3.76. The first-order valence-corrected chi connectivity index (χ1v) is 9.27. The summed E-state index contributed by atoms with van der Waals surface area (Å²) in [7, 11) is 0. The summed E-state index contributed by atoms with van der Waals surface area (Å²) in [5, 5.41) is 11.1. The zero-order valence-corrected chi connectivity index (χ0v) is 14.8. The van der Waals surface area contributed by atoms with E-state index in [1.807, 2.05) is 24.3 Å². The van der Waals surface area contributed by atoms with E-state index in [4.69, 9.17) is 0 Å². The van der Waals surface area contributed by atoms with Crippen molar-refractivity contribution in [3.05, 3.63) is 65.9 Å². The van der Waals surface area contributed by atoms with Crippen LogP contribution in [0, 0.1) is 5.92 Å². The van der Waals surface area contributed by atoms with Gasteiger partial charge in [0.25, 0.3) is 5.91 Å². The van der Waals surface area contributed by atoms with E-state index in [0.29, 0.717) is 18.2 Å². The van der Waals surface area contributed by atoms with E-state index in [-0.39, 0.29) is 5.91 Å². The molecule has 26 heavy (non-hydrogen) atoms. The van der Waals surface area contributed by atoms with Crippen LogP contribution in [0.25, 0.3) is 10.9 Å². The Hall–Kier alpha value is -2.66. The van der Waals surface area contributed by atoms with Gasteiger partial charge < -0.3 is 5.32 Å². The van der Waals surface area contributed by atoms with Gasteiger partial charge in [0.05, 0.1) is 5.52 Å². The zero-order chi connectivity index (χ0) is 17.8. The summed E-state index contributed by atoms with van der Waals surface area (Å²) in [6, 6.07) is 18.3. The van der Waals surface area contributed by atoms with Gasteiger partial charge in [-0.1, -0.05) is 48.5 Å². The molecule has 5 heteroatoms. The van der Waals surface area contributed by atoms with E-state index in [1.165, 1.54) is 12.0 Å². The second-order valence-corrected chi connectivity index (χ2v) is 7.06. The minimum atomic E-state index is -0.0948. The van der Waals surface area contributed by atoms with Gasteiger partial charge in [0.2, 0.25) is 0 Å². The number of nitrogens with one attached hydrogen (secondary N) is 2. The van der Waals surface area contributed by atoms with Crippen molar-refractivity contribution in [3.63, 3.8) is 0 Å². The lowest BCUT2D eigenvalue weighted by Gasteiger charge is -2.32. The number of carbonyl (C=O) groups excluding carboxylic acids is 1. The number of nitrogens with zero attached hydrogens (tertiary/aromatic N) is 2. The third-order valence-corrected chi connectivity index (χ3v) is 5.09. The van der Waals surface area contributed by atoms with Crippen molar-refractivity contribution >= 4 is 16.8 Å². The van der Waals surface area contributed by atoms with Gasteiger partial charge in [-0.2, -0.15) is 5.10 Å². The molecule has 1 saturated heterocycles. The summed E-state index contributed by atoms with van der Waals surface area (Å²) in [6.07, 6.45) is 2.34. The summed E-state index contributed by atoms with van der Waals surface area (Å²) >= 11 is 0. The predicted octanol–water partition coefficient (Wildman–Crippen LogP) is 3.20. The highest BCUT2D eigenvalue weighted by Gasteiger charge is 2.21. The molecule has 0 spiro atoms. The van der Waals surface area contributed by atoms with Gasteiger partial charge in [0.15, 0.2) is 5.69 Å². The number of hydrogen-bond donors (Lipinski definition) is 2. The molecule has 1 unspecified atom stereocenters. The number of para-hydroxylation sites is 1. The standard InChI is InChI=1S/C21H24N4O/c26-21(20-18-10-4-5-11-19(18)23-24-20)22-13-17-9-6-12-25(15-17)14-16-7-2-1-3-8-16/h1-5,7-8,10-11,17H,6,9,12-15H2,(H,22,26)(H,23,24). The molecule has 1 aromatic heterocycles. The summed E-state index contributed by atoms with van der Waals surface area (Å²) in [6.45, 7) is 3.83. The van der Waals surface area contributed by atoms with Crippen LogP contribution < -0.4 is 5.32 Å². The molecular weight excluding hydrogens is 324 g/mol. The monoisotopic (exact) mass is 348 g/mol. The first kappa shape index (κ1) is 16.8. The molecule has 2 heterocycles. The van der Waals surface area contributed by atoms with Gasteiger partial charge in [0, 0.05) is 25.0 Å². The second kappa shape index (κ2) is 7.70. The van der Waals surface area contributed by atoms with E-state index in [1.54, 1.807) is 0 Å². The van der Waals surface area contributed by atoms with Crippen LogP contribution in [0.15, 0.2) is 54.6 Å². The van der Waals surface area contributed by atoms with Gasteiger partial charge in [-0.15, -0.1) is 0 Å². The van der Waals surface area contributed by atoms with Crippen LogP contribution in [0.5, 0.6) is 0 Å². The number of aromatic nitrogens is 2. The van der Waals surface area contributed by atoms with Gasteiger partial charge in [-0.05, 0) is 36.9 Å². The lowest BCUT2D eigenvalue weighted by Crippen LogP contribution is -2.40. The minimum Gasteiger partial charge on any atom is -0.350 e. The summed E-state index contributed by atoms with van der Waals surface area (Å²) in [5.41, 5.74) is 2.72. The van der Waals surface area contributed by atoms with Crippen LogP contribution in [0.4, 0.5) is 0 Å². The van der Waals surface area contributed by atoms with Crippen LogP contribution in [-0.4, -0.2) is 40.6 Å². The van der Waals surface area contributed by atoms with Crippen molar-refractivity contribution in [3.8, 4) is 0 Å². The molecule has 134 valence electrons. The number of benzene rings is 2. The average molecular weight is 348 g/mol. The minimum absolute atomic E-state index is 0.0948. The van der Waals surface area contributed by atoms with E-state index in [0.717, 1.165) is 37.0 Å². The van der Waals surface area contributed by atoms with Crippen molar-refractivity contribution in [2.24, 2.45) is 5.92 Å². The maximum atomic E-state index is 12.5. The number of H-pyrrole nitrogens is 1. The third kappa shape index (κ3) is 3.78. The summed E-state index contributed by atoms with van der Waals surface area (Å²) in [5.74, 6) is 0.393. The number of amides is 1. The molecule has 2 aromatic carbocycles. The quantitative estimate of drug-likeness (QED) is 0.744. The average Bonchev–Trinajstić information content (AvgIpc) is 3.11. The molecular formula is C21H24N4O. The van der Waals surface area contributed by atoms with Crippen molar-refractivity contribution in [2.45, 2.75) is 19.4 Å². The topological polar surface area (TPSA) is 61.0 Å². The molecule has 4 rings (SSSR count). The van der Waals surface area contributed by atoms with E-state index >= 15 is 0 Å². The zero-order valence-electron chi connectivity index (χ0n) is 14.8. The lowest BCUT2D eigenvalue weighted by molar-refractivity contribution is 0.0927. The number of piperidine rings is 1. The van der Waals surface area contributed by atoms with Gasteiger partial charge in [0.1, 0.15) is 0 Å². The highest BCUT2D eigenvalue weighted by molar-refractivity contribution is 6.04. The molecule has 0 saturated carbocycles. The number of rotatable bonds is 5. The van der Waals surface area contributed by atoms with Crippen LogP contribution in [0.3, 0.4) is 0 Å². The smallest absolute Gasteiger partial charge is 0.272 e. The Morgan fingerprint density at radius 2 is 1.96 bits per heavy atom. The number of fused-ring (bicyclic) bond motifs is 1. The highest BCUT2D eigenvalue weighted by Crippen LogP contribution is 2.19. The Morgan fingerprint density at radius 3 is 2.85 bits per heavy atom. The second-order valence-electron chi connectivity index (χ2n) is 7.06. The van der Waals surface area contributed by atoms with E-state index < -0.39 is 0 Å². The fourth-order valence-corrected chi connectivity index (χ4v) is 3.76. The number of hydrogen-bond acceptors (Lipinski definition) is 3. The molecule has 2 N–H and O–H groups in total. The van der Waals surface area contributed by atoms with Crippen molar-refractivity contribution in [1.82, 2.24) is 20.4 Å². The Bertz CT molecular complexity index is 874.